The molecule has 0 aliphatic heterocycles. The van der Waals surface area contributed by atoms with E-state index in [9.17, 15) is 24.9 Å². The van der Waals surface area contributed by atoms with Crippen molar-refractivity contribution < 1.29 is 30.0 Å². The Hall–Kier alpha value is -1.18. The Balaban J connectivity index is 1.49. The van der Waals surface area contributed by atoms with Gasteiger partial charge < -0.3 is 25.7 Å². The average Bonchev–Trinajstić information content (AvgIpc) is 3.10. The second-order valence-corrected chi connectivity index (χ2v) is 12.2. The Morgan fingerprint density at radius 3 is 2.45 bits per heavy atom. The quantitative estimate of drug-likeness (QED) is 0.410. The number of carboxylic acids is 1. The van der Waals surface area contributed by atoms with Gasteiger partial charge in [0.05, 0.1) is 18.3 Å². The van der Waals surface area contributed by atoms with Crippen LogP contribution in [0.5, 0.6) is 0 Å². The fraction of sp³-hybridized carbons (Fsp3) is 0.923. The van der Waals surface area contributed by atoms with Crippen molar-refractivity contribution in [1.29, 1.82) is 0 Å². The highest BCUT2D eigenvalue weighted by Crippen LogP contribution is 2.68. The number of aliphatic hydroxyl groups is 3. The minimum atomic E-state index is -1.04. The molecule has 188 valence electrons. The number of aliphatic carboxylic acids is 1. The topological polar surface area (TPSA) is 127 Å². The number of hydrogen-bond acceptors (Lipinski definition) is 5. The molecule has 4 saturated carbocycles. The van der Waals surface area contributed by atoms with Crippen LogP contribution >= 0.6 is 0 Å². The summed E-state index contributed by atoms with van der Waals surface area (Å²) in [6.45, 7) is 6.29. The molecular formula is C26H43NO6. The van der Waals surface area contributed by atoms with Crippen LogP contribution in [-0.2, 0) is 9.59 Å². The van der Waals surface area contributed by atoms with Gasteiger partial charge in [-0.15, -0.1) is 0 Å². The standard InChI is InChI=1S/C26H43NO6/c1-14(6-9-22(31)27-13-23(32)33)16-7-8-17-15-11-20(29)24-19(28)5-4-10-25(24,2)18(15)12-21(30)26(16,17)3/h14-21,24,28-30H,4-13H2,1-3H3,(H,27,31)(H,32,33)/t14-,15?,16-,17?,18?,19?,20+,21+,24?,25-,26-/m1/s1. The van der Waals surface area contributed by atoms with E-state index >= 15 is 0 Å². The maximum absolute atomic E-state index is 12.0. The predicted molar refractivity (Wildman–Crippen MR) is 123 cm³/mol. The molecule has 7 nitrogen and oxygen atoms in total. The minimum Gasteiger partial charge on any atom is -0.480 e. The highest BCUT2D eigenvalue weighted by molar-refractivity contribution is 5.81. The lowest BCUT2D eigenvalue weighted by molar-refractivity contribution is -0.214. The summed E-state index contributed by atoms with van der Waals surface area (Å²) in [4.78, 5) is 22.7. The van der Waals surface area contributed by atoms with Crippen LogP contribution in [-0.4, -0.2) is 57.2 Å². The zero-order valence-electron chi connectivity index (χ0n) is 20.4. The van der Waals surface area contributed by atoms with Crippen molar-refractivity contribution in [3.8, 4) is 0 Å². The Kier molecular flexibility index (Phi) is 6.89. The second kappa shape index (κ2) is 9.12. The highest BCUT2D eigenvalue weighted by Gasteiger charge is 2.65. The van der Waals surface area contributed by atoms with E-state index in [0.717, 1.165) is 38.5 Å². The van der Waals surface area contributed by atoms with Crippen molar-refractivity contribution in [1.82, 2.24) is 5.32 Å². The molecule has 0 aromatic carbocycles. The Morgan fingerprint density at radius 1 is 1.03 bits per heavy atom. The van der Waals surface area contributed by atoms with E-state index in [2.05, 4.69) is 26.1 Å². The summed E-state index contributed by atoms with van der Waals surface area (Å²) >= 11 is 0. The van der Waals surface area contributed by atoms with E-state index in [4.69, 9.17) is 5.11 Å². The van der Waals surface area contributed by atoms with Crippen LogP contribution in [0.15, 0.2) is 0 Å². The van der Waals surface area contributed by atoms with Crippen LogP contribution in [0.1, 0.15) is 78.6 Å². The maximum atomic E-state index is 12.0. The van der Waals surface area contributed by atoms with E-state index in [0.29, 0.717) is 42.9 Å². The fourth-order valence-corrected chi connectivity index (χ4v) is 9.21. The molecule has 0 radical (unpaired) electrons. The summed E-state index contributed by atoms with van der Waals surface area (Å²) in [5.74, 6) is 0.189. The van der Waals surface area contributed by atoms with Crippen molar-refractivity contribution in [3.05, 3.63) is 0 Å². The number of carbonyl (C=O) groups excluding carboxylic acids is 1. The first-order valence-corrected chi connectivity index (χ1v) is 13.0. The van der Waals surface area contributed by atoms with Crippen molar-refractivity contribution in [2.45, 2.75) is 96.9 Å². The lowest BCUT2D eigenvalue weighted by Crippen LogP contribution is -2.63. The second-order valence-electron chi connectivity index (χ2n) is 12.2. The number of nitrogens with one attached hydrogen (secondary N) is 1. The third-order valence-corrected chi connectivity index (χ3v) is 10.7. The van der Waals surface area contributed by atoms with E-state index in [1.54, 1.807) is 0 Å². The molecule has 0 spiro atoms. The van der Waals surface area contributed by atoms with Gasteiger partial charge in [-0.1, -0.05) is 27.2 Å². The van der Waals surface area contributed by atoms with E-state index in [-0.39, 0.29) is 35.1 Å². The molecule has 33 heavy (non-hydrogen) atoms. The number of carbonyl (C=O) groups is 2. The summed E-state index contributed by atoms with van der Waals surface area (Å²) in [6, 6.07) is 0. The summed E-state index contributed by atoms with van der Waals surface area (Å²) in [5.41, 5.74) is -0.372. The van der Waals surface area contributed by atoms with Crippen molar-refractivity contribution in [3.63, 3.8) is 0 Å². The predicted octanol–water partition coefficient (Wildman–Crippen LogP) is 2.56. The van der Waals surface area contributed by atoms with Crippen LogP contribution < -0.4 is 5.32 Å². The molecule has 0 heterocycles. The third kappa shape index (κ3) is 4.12. The fourth-order valence-electron chi connectivity index (χ4n) is 9.21. The third-order valence-electron chi connectivity index (χ3n) is 10.7. The maximum Gasteiger partial charge on any atom is 0.322 e. The molecule has 4 fully saturated rings. The number of amides is 1. The minimum absolute atomic E-state index is 0.0931. The SMILES string of the molecule is C[C@H](CCC(=O)NCC(=O)O)[C@H]1CCC2C3C[C@H](O)C4C(O)CCC[C@]4(C)C3C[C@H](O)[C@@]21C. The van der Waals surface area contributed by atoms with Gasteiger partial charge in [-0.3, -0.25) is 9.59 Å². The van der Waals surface area contributed by atoms with Crippen molar-refractivity contribution in [2.75, 3.05) is 6.54 Å². The Bertz CT molecular complexity index is 759. The summed E-state index contributed by atoms with van der Waals surface area (Å²) < 4.78 is 0. The normalized spacial score (nSPS) is 47.7. The number of hydrogen-bond donors (Lipinski definition) is 5. The van der Waals surface area contributed by atoms with Gasteiger partial charge in [0, 0.05) is 12.3 Å². The van der Waals surface area contributed by atoms with Crippen LogP contribution in [0.25, 0.3) is 0 Å². The van der Waals surface area contributed by atoms with Crippen LogP contribution in [0.2, 0.25) is 0 Å². The summed E-state index contributed by atoms with van der Waals surface area (Å²) in [5, 5.41) is 44.7. The van der Waals surface area contributed by atoms with Gasteiger partial charge >= 0.3 is 5.97 Å². The molecular weight excluding hydrogens is 422 g/mol. The highest BCUT2D eigenvalue weighted by atomic mass is 16.4. The molecule has 4 rings (SSSR count). The molecule has 0 aromatic heterocycles. The van der Waals surface area contributed by atoms with Crippen LogP contribution in [0, 0.1) is 46.3 Å². The summed E-state index contributed by atoms with van der Waals surface area (Å²) in [7, 11) is 0. The molecule has 0 aromatic rings. The molecule has 11 atom stereocenters. The number of rotatable bonds is 6. The van der Waals surface area contributed by atoms with Crippen molar-refractivity contribution >= 4 is 11.9 Å². The molecule has 0 saturated heterocycles. The lowest BCUT2D eigenvalue weighted by atomic mass is 9.43. The van der Waals surface area contributed by atoms with Gasteiger partial charge in [-0.2, -0.15) is 0 Å². The van der Waals surface area contributed by atoms with Gasteiger partial charge in [-0.05, 0) is 85.4 Å². The first-order valence-electron chi connectivity index (χ1n) is 13.0. The summed E-state index contributed by atoms with van der Waals surface area (Å²) in [6.07, 6.45) is 5.85. The molecule has 5 unspecified atom stereocenters. The molecule has 1 amide bonds. The number of aliphatic hydroxyl groups excluding tert-OH is 3. The molecule has 5 N–H and O–H groups in total. The first kappa shape index (κ1) is 24.9. The number of carboxylic acid groups (broad SMARTS) is 1. The smallest absolute Gasteiger partial charge is 0.322 e. The molecule has 4 aliphatic carbocycles. The van der Waals surface area contributed by atoms with E-state index in [1.807, 2.05) is 0 Å². The van der Waals surface area contributed by atoms with Gasteiger partial charge in [-0.25, -0.2) is 0 Å². The molecule has 4 aliphatic rings. The first-order chi connectivity index (χ1) is 15.5. The zero-order chi connectivity index (χ0) is 24.1. The zero-order valence-corrected chi connectivity index (χ0v) is 20.4. The monoisotopic (exact) mass is 465 g/mol. The Morgan fingerprint density at radius 2 is 1.76 bits per heavy atom. The van der Waals surface area contributed by atoms with Gasteiger partial charge in [0.1, 0.15) is 6.54 Å². The van der Waals surface area contributed by atoms with Crippen LogP contribution in [0.4, 0.5) is 0 Å². The average molecular weight is 466 g/mol. The molecule has 7 heteroatoms. The van der Waals surface area contributed by atoms with Gasteiger partial charge in [0.25, 0.3) is 0 Å². The van der Waals surface area contributed by atoms with E-state index in [1.165, 1.54) is 0 Å². The largest absolute Gasteiger partial charge is 0.480 e. The lowest BCUT2D eigenvalue weighted by Gasteiger charge is -2.63. The van der Waals surface area contributed by atoms with Crippen molar-refractivity contribution in [2.24, 2.45) is 46.3 Å². The van der Waals surface area contributed by atoms with E-state index < -0.39 is 24.3 Å². The van der Waals surface area contributed by atoms with Gasteiger partial charge in [0.15, 0.2) is 0 Å². The molecule has 0 bridgehead atoms. The Labute approximate surface area is 197 Å². The number of fused-ring (bicyclic) bond motifs is 5. The van der Waals surface area contributed by atoms with Crippen LogP contribution in [0.3, 0.4) is 0 Å². The van der Waals surface area contributed by atoms with Gasteiger partial charge in [0.2, 0.25) is 5.91 Å².